The maximum Gasteiger partial charge on any atom is 0.163 e. The topological polar surface area (TPSA) is 17.1 Å². The number of Topliss-reactive ketones (excluding diaryl/α,β-unsaturated/α-hetero) is 1. The number of carbonyl (C=O) groups is 1. The van der Waals surface area contributed by atoms with Gasteiger partial charge >= 0.3 is 0 Å². The maximum atomic E-state index is 12.2. The summed E-state index contributed by atoms with van der Waals surface area (Å²) in [6, 6.07) is 12.1. The van der Waals surface area contributed by atoms with Crippen molar-refractivity contribution in [1.29, 1.82) is 0 Å². The average molecular weight is 319 g/mol. The molecule has 0 aliphatic carbocycles. The fraction of sp³-hybridized carbons (Fsp3) is 0.353. The van der Waals surface area contributed by atoms with Gasteiger partial charge in [-0.15, -0.1) is 0 Å². The summed E-state index contributed by atoms with van der Waals surface area (Å²) < 4.78 is 1.07. The Morgan fingerprint density at radius 2 is 1.84 bits per heavy atom. The zero-order valence-electron chi connectivity index (χ0n) is 11.4. The lowest BCUT2D eigenvalue weighted by molar-refractivity contribution is 0.0963. The largest absolute Gasteiger partial charge is 0.294 e. The van der Waals surface area contributed by atoms with Crippen LogP contribution in [0.1, 0.15) is 43.5 Å². The highest BCUT2D eigenvalue weighted by Gasteiger charge is 2.11. The molecule has 2 aromatic carbocycles. The Morgan fingerprint density at radius 1 is 1.16 bits per heavy atom. The van der Waals surface area contributed by atoms with E-state index in [4.69, 9.17) is 0 Å². The molecule has 2 heteroatoms. The van der Waals surface area contributed by atoms with E-state index < -0.39 is 0 Å². The lowest BCUT2D eigenvalue weighted by Crippen LogP contribution is -2.05. The number of hydrogen-bond donors (Lipinski definition) is 0. The molecule has 0 aromatic heterocycles. The Labute approximate surface area is 123 Å². The zero-order chi connectivity index (χ0) is 13.8. The second-order valence-corrected chi connectivity index (χ2v) is 6.14. The van der Waals surface area contributed by atoms with Crippen LogP contribution in [0.5, 0.6) is 0 Å². The van der Waals surface area contributed by atoms with Crippen molar-refractivity contribution in [3.63, 3.8) is 0 Å². The molecule has 1 atom stereocenters. The third kappa shape index (κ3) is 3.66. The van der Waals surface area contributed by atoms with Crippen LogP contribution < -0.4 is 0 Å². The molecule has 0 spiro atoms. The molecule has 0 saturated carbocycles. The molecular weight excluding hydrogens is 300 g/mol. The molecule has 0 radical (unpaired) electrons. The fourth-order valence-electron chi connectivity index (χ4n) is 2.42. The van der Waals surface area contributed by atoms with E-state index in [0.717, 1.165) is 33.7 Å². The van der Waals surface area contributed by atoms with Crippen molar-refractivity contribution < 1.29 is 4.79 Å². The van der Waals surface area contributed by atoms with E-state index in [1.54, 1.807) is 0 Å². The lowest BCUT2D eigenvalue weighted by atomic mass is 9.95. The average Bonchev–Trinajstić information content (AvgIpc) is 2.38. The molecule has 0 fully saturated rings. The van der Waals surface area contributed by atoms with Crippen LogP contribution >= 0.6 is 15.9 Å². The summed E-state index contributed by atoms with van der Waals surface area (Å²) >= 11 is 3.46. The molecule has 1 unspecified atom stereocenters. The number of ketones is 1. The van der Waals surface area contributed by atoms with E-state index in [-0.39, 0.29) is 5.78 Å². The third-order valence-electron chi connectivity index (χ3n) is 3.44. The van der Waals surface area contributed by atoms with Crippen molar-refractivity contribution in [3.8, 4) is 0 Å². The first-order valence-corrected chi connectivity index (χ1v) is 7.62. The quantitative estimate of drug-likeness (QED) is 0.655. The molecule has 0 N–H and O–H groups in total. The number of halogens is 1. The molecule has 0 bridgehead atoms. The van der Waals surface area contributed by atoms with Gasteiger partial charge in [-0.25, -0.2) is 0 Å². The summed E-state index contributed by atoms with van der Waals surface area (Å²) in [4.78, 5) is 12.2. The van der Waals surface area contributed by atoms with Gasteiger partial charge in [-0.1, -0.05) is 60.8 Å². The van der Waals surface area contributed by atoms with Gasteiger partial charge in [0.1, 0.15) is 0 Å². The van der Waals surface area contributed by atoms with Crippen molar-refractivity contribution >= 4 is 32.5 Å². The highest BCUT2D eigenvalue weighted by atomic mass is 79.9. The molecule has 0 aliphatic rings. The number of benzene rings is 2. The van der Waals surface area contributed by atoms with Gasteiger partial charge < -0.3 is 0 Å². The fourth-order valence-corrected chi connectivity index (χ4v) is 2.80. The van der Waals surface area contributed by atoms with Crippen LogP contribution in [0.3, 0.4) is 0 Å². The summed E-state index contributed by atoms with van der Waals surface area (Å²) in [5.41, 5.74) is 0.831. The minimum Gasteiger partial charge on any atom is -0.294 e. The number of fused-ring (bicyclic) bond motifs is 1. The second kappa shape index (κ2) is 6.33. The highest BCUT2D eigenvalue weighted by Crippen LogP contribution is 2.22. The zero-order valence-corrected chi connectivity index (χ0v) is 13.0. The predicted molar refractivity (Wildman–Crippen MR) is 84.7 cm³/mol. The highest BCUT2D eigenvalue weighted by molar-refractivity contribution is 9.10. The summed E-state index contributed by atoms with van der Waals surface area (Å²) in [5.74, 6) is 0.726. The van der Waals surface area contributed by atoms with Crippen LogP contribution in [0.2, 0.25) is 0 Å². The molecule has 0 heterocycles. The van der Waals surface area contributed by atoms with Crippen LogP contribution in [-0.2, 0) is 0 Å². The van der Waals surface area contributed by atoms with Crippen molar-refractivity contribution in [3.05, 3.63) is 46.4 Å². The standard InChI is InChI=1S/C17H19BrO/c1-3-4-12(2)9-17(19)15-6-5-14-11-16(18)8-7-13(14)10-15/h5-8,10-12H,3-4,9H2,1-2H3. The van der Waals surface area contributed by atoms with Gasteiger partial charge in [-0.3, -0.25) is 4.79 Å². The van der Waals surface area contributed by atoms with E-state index in [2.05, 4.69) is 35.8 Å². The first-order valence-electron chi connectivity index (χ1n) is 6.82. The van der Waals surface area contributed by atoms with Crippen molar-refractivity contribution in [2.75, 3.05) is 0 Å². The molecule has 0 aliphatic heterocycles. The first-order chi connectivity index (χ1) is 9.10. The van der Waals surface area contributed by atoms with Gasteiger partial charge in [0.25, 0.3) is 0 Å². The summed E-state index contributed by atoms with van der Waals surface area (Å²) in [7, 11) is 0. The Kier molecular flexibility index (Phi) is 4.76. The van der Waals surface area contributed by atoms with E-state index >= 15 is 0 Å². The van der Waals surface area contributed by atoms with Gasteiger partial charge in [0.15, 0.2) is 5.78 Å². The van der Waals surface area contributed by atoms with Crippen molar-refractivity contribution in [2.45, 2.75) is 33.1 Å². The second-order valence-electron chi connectivity index (χ2n) is 5.23. The monoisotopic (exact) mass is 318 g/mol. The summed E-state index contributed by atoms with van der Waals surface area (Å²) in [5, 5.41) is 2.28. The Morgan fingerprint density at radius 3 is 2.58 bits per heavy atom. The minimum absolute atomic E-state index is 0.255. The normalized spacial score (nSPS) is 12.6. The maximum absolute atomic E-state index is 12.2. The van der Waals surface area contributed by atoms with Gasteiger partial charge in [0.05, 0.1) is 0 Å². The number of hydrogen-bond acceptors (Lipinski definition) is 1. The van der Waals surface area contributed by atoms with E-state index in [1.165, 1.54) is 0 Å². The molecule has 2 rings (SSSR count). The predicted octanol–water partition coefficient (Wildman–Crippen LogP) is 5.61. The lowest BCUT2D eigenvalue weighted by Gasteiger charge is -2.09. The Bertz CT molecular complexity index is 589. The third-order valence-corrected chi connectivity index (χ3v) is 3.93. The smallest absolute Gasteiger partial charge is 0.163 e. The molecular formula is C17H19BrO. The van der Waals surface area contributed by atoms with Crippen molar-refractivity contribution in [2.24, 2.45) is 5.92 Å². The Balaban J connectivity index is 2.21. The van der Waals surface area contributed by atoms with Crippen LogP contribution in [0.4, 0.5) is 0 Å². The molecule has 0 saturated heterocycles. The summed E-state index contributed by atoms with van der Waals surface area (Å²) in [6.45, 7) is 4.31. The first kappa shape index (κ1) is 14.3. The van der Waals surface area contributed by atoms with Crippen LogP contribution in [0.25, 0.3) is 10.8 Å². The van der Waals surface area contributed by atoms with Gasteiger partial charge in [-0.2, -0.15) is 0 Å². The Hall–Kier alpha value is -1.15. The van der Waals surface area contributed by atoms with Gasteiger partial charge in [0, 0.05) is 16.5 Å². The van der Waals surface area contributed by atoms with E-state index in [9.17, 15) is 4.79 Å². The molecule has 0 amide bonds. The van der Waals surface area contributed by atoms with Crippen molar-refractivity contribution in [1.82, 2.24) is 0 Å². The van der Waals surface area contributed by atoms with E-state index in [1.807, 2.05) is 30.3 Å². The van der Waals surface area contributed by atoms with Crippen LogP contribution in [0, 0.1) is 5.92 Å². The van der Waals surface area contributed by atoms with Crippen LogP contribution in [0.15, 0.2) is 40.9 Å². The van der Waals surface area contributed by atoms with Gasteiger partial charge in [0.2, 0.25) is 0 Å². The molecule has 1 nitrogen and oxygen atoms in total. The van der Waals surface area contributed by atoms with Crippen LogP contribution in [-0.4, -0.2) is 5.78 Å². The summed E-state index contributed by atoms with van der Waals surface area (Å²) in [6.07, 6.45) is 2.91. The van der Waals surface area contributed by atoms with Gasteiger partial charge in [-0.05, 0) is 34.9 Å². The number of rotatable bonds is 5. The molecule has 100 valence electrons. The SMILES string of the molecule is CCCC(C)CC(=O)c1ccc2cc(Br)ccc2c1. The number of carbonyl (C=O) groups excluding carboxylic acids is 1. The minimum atomic E-state index is 0.255. The molecule has 19 heavy (non-hydrogen) atoms. The van der Waals surface area contributed by atoms with E-state index in [0.29, 0.717) is 12.3 Å². The molecule has 2 aromatic rings.